The van der Waals surface area contributed by atoms with E-state index in [-0.39, 0.29) is 0 Å². The molecule has 0 amide bonds. The second-order valence-electron chi connectivity index (χ2n) is 5.93. The molecule has 0 saturated carbocycles. The summed E-state index contributed by atoms with van der Waals surface area (Å²) in [5, 5.41) is 10.7. The van der Waals surface area contributed by atoms with Crippen LogP contribution < -0.4 is 0 Å². The first-order valence-electron chi connectivity index (χ1n) is 7.93. The van der Waals surface area contributed by atoms with Crippen LogP contribution in [0.4, 0.5) is 0 Å². The fourth-order valence-corrected chi connectivity index (χ4v) is 2.59. The highest BCUT2D eigenvalue weighted by molar-refractivity contribution is 5.82. The lowest BCUT2D eigenvalue weighted by molar-refractivity contribution is -0.351. The van der Waals surface area contributed by atoms with Crippen molar-refractivity contribution in [3.63, 3.8) is 0 Å². The summed E-state index contributed by atoms with van der Waals surface area (Å²) in [7, 11) is 0. The van der Waals surface area contributed by atoms with Gasteiger partial charge in [-0.15, -0.1) is 0 Å². The van der Waals surface area contributed by atoms with Crippen molar-refractivity contribution in [3.8, 4) is 0 Å². The van der Waals surface area contributed by atoms with E-state index in [0.717, 1.165) is 34.6 Å². The largest absolute Gasteiger partial charge is 0.459 e. The van der Waals surface area contributed by atoms with E-state index in [1.165, 1.54) is 0 Å². The molecule has 0 aromatic heterocycles. The van der Waals surface area contributed by atoms with Gasteiger partial charge in [0, 0.05) is 27.7 Å². The minimum Gasteiger partial charge on any atom is -0.459 e. The van der Waals surface area contributed by atoms with Crippen molar-refractivity contribution in [1.29, 1.82) is 0 Å². The molecular weight excluding hydrogens is 368 g/mol. The van der Waals surface area contributed by atoms with Crippen molar-refractivity contribution >= 4 is 29.7 Å². The van der Waals surface area contributed by atoms with Crippen LogP contribution in [0.1, 0.15) is 34.6 Å². The number of carbonyl (C=O) groups excluding carboxylic acids is 5. The maximum Gasteiger partial charge on any atom is 0.305 e. The first kappa shape index (κ1) is 22.5. The Morgan fingerprint density at radius 3 is 1.78 bits per heavy atom. The van der Waals surface area contributed by atoms with Crippen LogP contribution in [0, 0.1) is 0 Å². The van der Waals surface area contributed by atoms with E-state index in [4.69, 9.17) is 23.7 Å². The van der Waals surface area contributed by atoms with Gasteiger partial charge in [0.2, 0.25) is 0 Å². The van der Waals surface area contributed by atoms with Gasteiger partial charge < -0.3 is 28.8 Å². The highest BCUT2D eigenvalue weighted by Crippen LogP contribution is 2.35. The number of aliphatic hydroxyl groups is 1. The van der Waals surface area contributed by atoms with Crippen LogP contribution in [0.3, 0.4) is 0 Å². The molecule has 0 spiro atoms. The molecule has 11 heteroatoms. The lowest BCUT2D eigenvalue weighted by Gasteiger charge is -2.48. The Labute approximate surface area is 154 Å². The summed E-state index contributed by atoms with van der Waals surface area (Å²) < 4.78 is 25.3. The molecule has 1 aliphatic heterocycles. The zero-order valence-electron chi connectivity index (χ0n) is 15.5. The molecule has 1 heterocycles. The maximum absolute atomic E-state index is 12.1. The van der Waals surface area contributed by atoms with E-state index in [1.807, 2.05) is 0 Å². The minimum absolute atomic E-state index is 0.676. The third-order valence-corrected chi connectivity index (χ3v) is 3.51. The highest BCUT2D eigenvalue weighted by atomic mass is 16.8. The van der Waals surface area contributed by atoms with Crippen molar-refractivity contribution in [2.75, 3.05) is 6.61 Å². The number of carbonyl (C=O) groups is 5. The zero-order valence-corrected chi connectivity index (χ0v) is 15.5. The van der Waals surface area contributed by atoms with Crippen molar-refractivity contribution < 1.29 is 52.8 Å². The van der Waals surface area contributed by atoms with Gasteiger partial charge in [-0.2, -0.15) is 0 Å². The number of hydrogen-bond donors (Lipinski definition) is 1. The average Bonchev–Trinajstić information content (AvgIpc) is 2.50. The molecule has 1 saturated heterocycles. The molecule has 27 heavy (non-hydrogen) atoms. The molecule has 0 bridgehead atoms. The van der Waals surface area contributed by atoms with Gasteiger partial charge in [-0.05, 0) is 6.92 Å². The quantitative estimate of drug-likeness (QED) is 0.440. The summed E-state index contributed by atoms with van der Waals surface area (Å²) in [5.74, 6) is -6.46. The Bertz CT molecular complexity index is 628. The molecule has 1 rings (SSSR count). The fourth-order valence-electron chi connectivity index (χ4n) is 2.59. The van der Waals surface area contributed by atoms with Crippen molar-refractivity contribution in [2.24, 2.45) is 0 Å². The van der Waals surface area contributed by atoms with E-state index in [0.29, 0.717) is 0 Å². The number of ketones is 1. The Kier molecular flexibility index (Phi) is 7.43. The number of ether oxygens (including phenoxy) is 5. The van der Waals surface area contributed by atoms with Crippen LogP contribution in [-0.2, 0) is 47.7 Å². The van der Waals surface area contributed by atoms with Crippen LogP contribution in [-0.4, -0.2) is 71.6 Å². The molecule has 11 nitrogen and oxygen atoms in total. The number of Topliss-reactive ketones (excluding diaryl/α,β-unsaturated/α-hetero) is 1. The molecular formula is C16H22O11. The van der Waals surface area contributed by atoms with Crippen LogP contribution in [0.2, 0.25) is 0 Å². The molecule has 0 radical (unpaired) electrons. The molecule has 0 aromatic carbocycles. The summed E-state index contributed by atoms with van der Waals surface area (Å²) >= 11 is 0. The van der Waals surface area contributed by atoms with Crippen LogP contribution in [0.15, 0.2) is 0 Å². The van der Waals surface area contributed by atoms with E-state index >= 15 is 0 Å². The Hall–Kier alpha value is -2.53. The molecule has 0 aliphatic carbocycles. The molecule has 0 aromatic rings. The van der Waals surface area contributed by atoms with Gasteiger partial charge in [0.1, 0.15) is 0 Å². The van der Waals surface area contributed by atoms with Gasteiger partial charge in [-0.25, -0.2) is 0 Å². The fraction of sp³-hybridized carbons (Fsp3) is 0.688. The lowest BCUT2D eigenvalue weighted by Crippen LogP contribution is -2.70. The summed E-state index contributed by atoms with van der Waals surface area (Å²) in [6.45, 7) is 4.42. The molecule has 5 atom stereocenters. The minimum atomic E-state index is -2.36. The van der Waals surface area contributed by atoms with E-state index in [1.54, 1.807) is 0 Å². The molecule has 0 unspecified atom stereocenters. The Balaban J connectivity index is 3.44. The maximum atomic E-state index is 12.1. The smallest absolute Gasteiger partial charge is 0.305 e. The first-order chi connectivity index (χ1) is 12.4. The van der Waals surface area contributed by atoms with Gasteiger partial charge in [0.05, 0.1) is 0 Å². The predicted molar refractivity (Wildman–Crippen MR) is 83.8 cm³/mol. The van der Waals surface area contributed by atoms with E-state index < -0.39 is 66.5 Å². The standard InChI is InChI=1S/C16H22O11/c1-7(17)12-13(24-9(3)19)14(25-10(4)20)15(22)16(27-12,26-11(5)21)6-23-8(2)18/h12-15,22H,6H2,1-5H3/t12-,13+,14-,15+,16-/m0/s1. The molecule has 152 valence electrons. The summed E-state index contributed by atoms with van der Waals surface area (Å²) in [5.41, 5.74) is 0. The molecule has 1 fully saturated rings. The summed E-state index contributed by atoms with van der Waals surface area (Å²) in [6.07, 6.45) is -6.66. The first-order valence-corrected chi connectivity index (χ1v) is 7.93. The summed E-state index contributed by atoms with van der Waals surface area (Å²) in [6, 6.07) is 0. The number of aliphatic hydroxyl groups excluding tert-OH is 1. The highest BCUT2D eigenvalue weighted by Gasteiger charge is 2.61. The number of rotatable bonds is 6. The zero-order chi connectivity index (χ0) is 20.9. The normalized spacial score (nSPS) is 30.0. The van der Waals surface area contributed by atoms with Crippen molar-refractivity contribution in [1.82, 2.24) is 0 Å². The van der Waals surface area contributed by atoms with Gasteiger partial charge in [0.25, 0.3) is 5.79 Å². The SMILES string of the molecule is CC(=O)OC[C@]1(OC(C)=O)O[C@@H](C(C)=O)[C@@H](OC(C)=O)[C@H](OC(C)=O)[C@H]1O. The second-order valence-corrected chi connectivity index (χ2v) is 5.93. The number of esters is 4. The summed E-state index contributed by atoms with van der Waals surface area (Å²) in [4.78, 5) is 57.7. The number of hydrogen-bond acceptors (Lipinski definition) is 11. The predicted octanol–water partition coefficient (Wildman–Crippen LogP) is -0.979. The Morgan fingerprint density at radius 1 is 0.852 bits per heavy atom. The van der Waals surface area contributed by atoms with Crippen LogP contribution in [0.5, 0.6) is 0 Å². The van der Waals surface area contributed by atoms with Crippen molar-refractivity contribution in [2.45, 2.75) is 64.8 Å². The molecule has 1 N–H and O–H groups in total. The molecule has 1 aliphatic rings. The van der Waals surface area contributed by atoms with Crippen molar-refractivity contribution in [3.05, 3.63) is 0 Å². The Morgan fingerprint density at radius 2 is 1.37 bits per heavy atom. The third kappa shape index (κ3) is 5.73. The lowest BCUT2D eigenvalue weighted by atomic mass is 9.90. The van der Waals surface area contributed by atoms with E-state index in [2.05, 4.69) is 0 Å². The van der Waals surface area contributed by atoms with Gasteiger partial charge in [0.15, 0.2) is 36.8 Å². The monoisotopic (exact) mass is 390 g/mol. The van der Waals surface area contributed by atoms with E-state index in [9.17, 15) is 29.1 Å². The van der Waals surface area contributed by atoms with Gasteiger partial charge >= 0.3 is 23.9 Å². The van der Waals surface area contributed by atoms with Gasteiger partial charge in [-0.1, -0.05) is 0 Å². The van der Waals surface area contributed by atoms with Crippen LogP contribution in [0.25, 0.3) is 0 Å². The topological polar surface area (TPSA) is 152 Å². The second kappa shape index (κ2) is 8.91. The third-order valence-electron chi connectivity index (χ3n) is 3.51. The average molecular weight is 390 g/mol. The van der Waals surface area contributed by atoms with Gasteiger partial charge in [-0.3, -0.25) is 24.0 Å². The van der Waals surface area contributed by atoms with Crippen LogP contribution >= 0.6 is 0 Å².